The number of nitrogens with one attached hydrogen (secondary N) is 1. The summed E-state index contributed by atoms with van der Waals surface area (Å²) in [4.78, 5) is 28.7. The van der Waals surface area contributed by atoms with Crippen molar-refractivity contribution >= 4 is 23.4 Å². The van der Waals surface area contributed by atoms with Crippen molar-refractivity contribution in [3.05, 3.63) is 57.4 Å². The number of aromatic nitrogens is 1. The maximum Gasteiger partial charge on any atom is 0.355 e. The lowest BCUT2D eigenvalue weighted by Gasteiger charge is -2.22. The van der Waals surface area contributed by atoms with E-state index in [0.717, 1.165) is 36.1 Å². The van der Waals surface area contributed by atoms with E-state index in [1.165, 1.54) is 0 Å². The van der Waals surface area contributed by atoms with E-state index in [9.17, 15) is 9.59 Å². The SMILES string of the molecule is Cc1c(C(=O)O[C@@H]2CCC[C@@H]2C)[nH]c2c1C(=O)C[C@H](c1ccc(Cl)cc1)C2. The van der Waals surface area contributed by atoms with Gasteiger partial charge in [-0.15, -0.1) is 0 Å². The zero-order valence-corrected chi connectivity index (χ0v) is 16.4. The number of esters is 1. The molecule has 1 saturated carbocycles. The van der Waals surface area contributed by atoms with Crippen LogP contribution in [0.2, 0.25) is 5.02 Å². The molecule has 0 bridgehead atoms. The molecule has 4 nitrogen and oxygen atoms in total. The van der Waals surface area contributed by atoms with E-state index in [1.54, 1.807) is 0 Å². The van der Waals surface area contributed by atoms with Crippen LogP contribution >= 0.6 is 11.6 Å². The van der Waals surface area contributed by atoms with Crippen LogP contribution in [0.15, 0.2) is 24.3 Å². The molecule has 2 aliphatic carbocycles. The second-order valence-corrected chi connectivity index (χ2v) is 8.35. The fourth-order valence-electron chi connectivity index (χ4n) is 4.49. The summed E-state index contributed by atoms with van der Waals surface area (Å²) in [5, 5.41) is 0.684. The first-order chi connectivity index (χ1) is 12.9. The predicted octanol–water partition coefficient (Wildman–Crippen LogP) is 5.23. The van der Waals surface area contributed by atoms with E-state index >= 15 is 0 Å². The highest BCUT2D eigenvalue weighted by Gasteiger charge is 2.34. The quantitative estimate of drug-likeness (QED) is 0.735. The Morgan fingerprint density at radius 3 is 2.59 bits per heavy atom. The Bertz CT molecular complexity index is 884. The number of ether oxygens (including phenoxy) is 1. The van der Waals surface area contributed by atoms with Crippen LogP contribution in [-0.4, -0.2) is 22.8 Å². The molecule has 1 aromatic carbocycles. The number of hydrogen-bond acceptors (Lipinski definition) is 3. The van der Waals surface area contributed by atoms with Crippen LogP contribution in [-0.2, 0) is 11.2 Å². The summed E-state index contributed by atoms with van der Waals surface area (Å²) in [7, 11) is 0. The second-order valence-electron chi connectivity index (χ2n) is 7.91. The van der Waals surface area contributed by atoms with E-state index in [0.29, 0.717) is 35.0 Å². The molecule has 2 aromatic rings. The Morgan fingerprint density at radius 2 is 1.93 bits per heavy atom. The van der Waals surface area contributed by atoms with Gasteiger partial charge in [-0.3, -0.25) is 4.79 Å². The van der Waals surface area contributed by atoms with E-state index in [4.69, 9.17) is 16.3 Å². The Balaban J connectivity index is 1.58. The third kappa shape index (κ3) is 3.43. The number of benzene rings is 1. The van der Waals surface area contributed by atoms with Crippen LogP contribution in [0.1, 0.15) is 76.2 Å². The van der Waals surface area contributed by atoms with Crippen molar-refractivity contribution in [2.24, 2.45) is 5.92 Å². The third-order valence-corrected chi connectivity index (χ3v) is 6.33. The molecule has 0 saturated heterocycles. The highest BCUT2D eigenvalue weighted by molar-refractivity contribution is 6.30. The summed E-state index contributed by atoms with van der Waals surface area (Å²) in [5.41, 5.74) is 3.76. The average molecular weight is 386 g/mol. The fourth-order valence-corrected chi connectivity index (χ4v) is 4.62. The number of carbonyl (C=O) groups is 2. The smallest absolute Gasteiger partial charge is 0.355 e. The maximum absolute atomic E-state index is 12.8. The minimum atomic E-state index is -0.337. The normalized spacial score (nSPS) is 24.7. The number of carbonyl (C=O) groups excluding carboxylic acids is 2. The highest BCUT2D eigenvalue weighted by Crippen LogP contribution is 2.36. The van der Waals surface area contributed by atoms with Crippen LogP contribution in [0.25, 0.3) is 0 Å². The van der Waals surface area contributed by atoms with Gasteiger partial charge in [0.15, 0.2) is 5.78 Å². The molecule has 2 aliphatic rings. The number of aromatic amines is 1. The van der Waals surface area contributed by atoms with Crippen LogP contribution in [0.5, 0.6) is 0 Å². The van der Waals surface area contributed by atoms with Gasteiger partial charge in [0.2, 0.25) is 0 Å². The van der Waals surface area contributed by atoms with Gasteiger partial charge in [-0.1, -0.05) is 30.7 Å². The highest BCUT2D eigenvalue weighted by atomic mass is 35.5. The Morgan fingerprint density at radius 1 is 1.19 bits per heavy atom. The van der Waals surface area contributed by atoms with Gasteiger partial charge in [0.1, 0.15) is 11.8 Å². The topological polar surface area (TPSA) is 59.2 Å². The van der Waals surface area contributed by atoms with Gasteiger partial charge in [0.05, 0.1) is 0 Å². The largest absolute Gasteiger partial charge is 0.457 e. The van der Waals surface area contributed by atoms with Crippen LogP contribution in [0.3, 0.4) is 0 Å². The summed E-state index contributed by atoms with van der Waals surface area (Å²) in [6.07, 6.45) is 4.25. The van der Waals surface area contributed by atoms with Crippen molar-refractivity contribution in [1.82, 2.24) is 4.98 Å². The minimum absolute atomic E-state index is 0.0188. The molecule has 3 atom stereocenters. The van der Waals surface area contributed by atoms with Crippen molar-refractivity contribution in [3.63, 3.8) is 0 Å². The van der Waals surface area contributed by atoms with E-state index in [-0.39, 0.29) is 23.8 Å². The lowest BCUT2D eigenvalue weighted by atomic mass is 9.81. The number of halogens is 1. The molecule has 0 unspecified atom stereocenters. The van der Waals surface area contributed by atoms with Crippen LogP contribution in [0.4, 0.5) is 0 Å². The average Bonchev–Trinajstić information content (AvgIpc) is 3.19. The number of ketones is 1. The van der Waals surface area contributed by atoms with Crippen molar-refractivity contribution < 1.29 is 14.3 Å². The van der Waals surface area contributed by atoms with Gasteiger partial charge in [-0.2, -0.15) is 0 Å². The van der Waals surface area contributed by atoms with E-state index < -0.39 is 0 Å². The molecular formula is C22H24ClNO3. The van der Waals surface area contributed by atoms with Crippen LogP contribution in [0, 0.1) is 12.8 Å². The molecule has 27 heavy (non-hydrogen) atoms. The standard InChI is InChI=1S/C22H24ClNO3/c1-12-4-3-5-19(12)27-22(26)21-13(2)20-17(24-21)10-15(11-18(20)25)14-6-8-16(23)9-7-14/h6-9,12,15,19,24H,3-5,10-11H2,1-2H3/t12-,15+,19+/m0/s1. The second kappa shape index (κ2) is 7.16. The summed E-state index contributed by atoms with van der Waals surface area (Å²) in [6, 6.07) is 7.64. The van der Waals surface area contributed by atoms with Crippen molar-refractivity contribution in [3.8, 4) is 0 Å². The molecule has 1 fully saturated rings. The molecule has 5 heteroatoms. The number of hydrogen-bond donors (Lipinski definition) is 1. The van der Waals surface area contributed by atoms with Gasteiger partial charge in [0.25, 0.3) is 0 Å². The zero-order valence-electron chi connectivity index (χ0n) is 15.7. The number of rotatable bonds is 3. The third-order valence-electron chi connectivity index (χ3n) is 6.08. The van der Waals surface area contributed by atoms with Crippen molar-refractivity contribution in [1.29, 1.82) is 0 Å². The first-order valence-corrected chi connectivity index (χ1v) is 10.0. The van der Waals surface area contributed by atoms with E-state index in [1.807, 2.05) is 31.2 Å². The first kappa shape index (κ1) is 18.3. The Hall–Kier alpha value is -2.07. The van der Waals surface area contributed by atoms with Crippen LogP contribution < -0.4 is 0 Å². The van der Waals surface area contributed by atoms with E-state index in [2.05, 4.69) is 11.9 Å². The van der Waals surface area contributed by atoms with Gasteiger partial charge in [-0.05, 0) is 67.7 Å². The molecule has 0 spiro atoms. The first-order valence-electron chi connectivity index (χ1n) is 9.65. The van der Waals surface area contributed by atoms with Gasteiger partial charge < -0.3 is 9.72 Å². The summed E-state index contributed by atoms with van der Waals surface area (Å²) in [5.74, 6) is 0.239. The van der Waals surface area contributed by atoms with Gasteiger partial charge >= 0.3 is 5.97 Å². The monoisotopic (exact) mass is 385 g/mol. The molecule has 1 N–H and O–H groups in total. The minimum Gasteiger partial charge on any atom is -0.457 e. The molecule has 0 amide bonds. The molecule has 142 valence electrons. The molecular weight excluding hydrogens is 362 g/mol. The van der Waals surface area contributed by atoms with Gasteiger partial charge in [0, 0.05) is 22.7 Å². The maximum atomic E-state index is 12.8. The molecule has 1 aromatic heterocycles. The Labute approximate surface area is 164 Å². The fraction of sp³-hybridized carbons (Fsp3) is 0.455. The van der Waals surface area contributed by atoms with Crippen molar-refractivity contribution in [2.45, 2.75) is 58.0 Å². The Kier molecular flexibility index (Phi) is 4.85. The van der Waals surface area contributed by atoms with Crippen molar-refractivity contribution in [2.75, 3.05) is 0 Å². The molecule has 4 rings (SSSR count). The molecule has 0 radical (unpaired) electrons. The zero-order chi connectivity index (χ0) is 19.1. The number of Topliss-reactive ketones (excluding diaryl/α,β-unsaturated/α-hetero) is 1. The summed E-state index contributed by atoms with van der Waals surface area (Å²) in [6.45, 7) is 3.96. The number of H-pyrrole nitrogens is 1. The predicted molar refractivity (Wildman–Crippen MR) is 105 cm³/mol. The lowest BCUT2D eigenvalue weighted by Crippen LogP contribution is -2.21. The summed E-state index contributed by atoms with van der Waals surface area (Å²) >= 11 is 5.97. The summed E-state index contributed by atoms with van der Waals surface area (Å²) < 4.78 is 5.73. The number of fused-ring (bicyclic) bond motifs is 1. The lowest BCUT2D eigenvalue weighted by molar-refractivity contribution is 0.0219. The molecule has 0 aliphatic heterocycles. The van der Waals surface area contributed by atoms with Gasteiger partial charge in [-0.25, -0.2) is 4.79 Å². The molecule has 1 heterocycles.